The Morgan fingerprint density at radius 1 is 1.07 bits per heavy atom. The van der Waals surface area contributed by atoms with Crippen molar-refractivity contribution in [3.63, 3.8) is 0 Å². The molecular weight excluding hydrogens is 170 g/mol. The van der Waals surface area contributed by atoms with Gasteiger partial charge >= 0.3 is 0 Å². The molecule has 1 heteroatoms. The minimum absolute atomic E-state index is 0.550. The van der Waals surface area contributed by atoms with Crippen LogP contribution in [0.5, 0.6) is 0 Å². The van der Waals surface area contributed by atoms with E-state index in [1.807, 2.05) is 0 Å². The minimum Gasteiger partial charge on any atom is -0.327 e. The molecule has 0 aromatic carbocycles. The summed E-state index contributed by atoms with van der Waals surface area (Å²) in [4.78, 5) is 0. The van der Waals surface area contributed by atoms with E-state index in [-0.39, 0.29) is 0 Å². The van der Waals surface area contributed by atoms with Crippen LogP contribution in [0.4, 0.5) is 0 Å². The summed E-state index contributed by atoms with van der Waals surface area (Å²) in [5.74, 6) is 4.20. The lowest BCUT2D eigenvalue weighted by molar-refractivity contribution is 0.296. The van der Waals surface area contributed by atoms with Gasteiger partial charge in [0, 0.05) is 6.04 Å². The molecule has 1 nitrogen and oxygen atoms in total. The quantitative estimate of drug-likeness (QED) is 0.730. The molecule has 0 saturated heterocycles. The third kappa shape index (κ3) is 1.71. The van der Waals surface area contributed by atoms with E-state index in [1.165, 1.54) is 38.5 Å². The highest BCUT2D eigenvalue weighted by Gasteiger charge is 2.39. The minimum atomic E-state index is 0.550. The maximum absolute atomic E-state index is 6.16. The zero-order valence-electron chi connectivity index (χ0n) is 9.12. The van der Waals surface area contributed by atoms with Gasteiger partial charge in [-0.2, -0.15) is 0 Å². The molecule has 0 radical (unpaired) electrons. The Hall–Kier alpha value is -0.0400. The molecule has 2 N–H and O–H groups in total. The first-order chi connectivity index (χ1) is 6.83. The molecule has 3 saturated carbocycles. The normalized spacial score (nSPS) is 43.1. The molecule has 2 bridgehead atoms. The predicted molar refractivity (Wildman–Crippen MR) is 58.9 cm³/mol. The summed E-state index contributed by atoms with van der Waals surface area (Å²) in [5.41, 5.74) is 6.16. The summed E-state index contributed by atoms with van der Waals surface area (Å²) in [6.07, 6.45) is 11.8. The summed E-state index contributed by atoms with van der Waals surface area (Å²) in [5, 5.41) is 0. The van der Waals surface area contributed by atoms with Crippen molar-refractivity contribution < 1.29 is 0 Å². The summed E-state index contributed by atoms with van der Waals surface area (Å²) in [7, 11) is 0. The van der Waals surface area contributed by atoms with E-state index in [2.05, 4.69) is 0 Å². The number of nitrogens with two attached hydrogens (primary N) is 1. The van der Waals surface area contributed by atoms with E-state index >= 15 is 0 Å². The van der Waals surface area contributed by atoms with E-state index < -0.39 is 0 Å². The molecule has 3 aliphatic carbocycles. The van der Waals surface area contributed by atoms with Gasteiger partial charge in [0.05, 0.1) is 0 Å². The molecule has 0 amide bonds. The average molecular weight is 193 g/mol. The van der Waals surface area contributed by atoms with Crippen LogP contribution in [0, 0.1) is 23.7 Å². The lowest BCUT2D eigenvalue weighted by Crippen LogP contribution is -2.24. The largest absolute Gasteiger partial charge is 0.327 e. The Labute approximate surface area is 87.4 Å². The highest BCUT2D eigenvalue weighted by molar-refractivity contribution is 4.91. The molecule has 4 unspecified atom stereocenters. The lowest BCUT2D eigenvalue weighted by Gasteiger charge is -2.22. The lowest BCUT2D eigenvalue weighted by atomic mass is 9.84. The smallest absolute Gasteiger partial charge is 0.00672 e. The number of hydrogen-bond donors (Lipinski definition) is 1. The SMILES string of the molecule is NC(CCC1CC2CCC1C2)C1CC1. The van der Waals surface area contributed by atoms with Gasteiger partial charge in [0.1, 0.15) is 0 Å². The van der Waals surface area contributed by atoms with Crippen molar-refractivity contribution in [3.05, 3.63) is 0 Å². The van der Waals surface area contributed by atoms with Crippen LogP contribution in [0.3, 0.4) is 0 Å². The molecular formula is C13H23N. The predicted octanol–water partition coefficient (Wildman–Crippen LogP) is 2.94. The van der Waals surface area contributed by atoms with Crippen LogP contribution < -0.4 is 5.73 Å². The van der Waals surface area contributed by atoms with Crippen molar-refractivity contribution in [1.29, 1.82) is 0 Å². The topological polar surface area (TPSA) is 26.0 Å². The molecule has 80 valence electrons. The molecule has 0 spiro atoms. The van der Waals surface area contributed by atoms with Crippen molar-refractivity contribution in [2.75, 3.05) is 0 Å². The maximum Gasteiger partial charge on any atom is 0.00672 e. The molecule has 3 rings (SSSR count). The maximum atomic E-state index is 6.16. The summed E-state index contributed by atoms with van der Waals surface area (Å²) < 4.78 is 0. The van der Waals surface area contributed by atoms with Crippen LogP contribution in [0.15, 0.2) is 0 Å². The van der Waals surface area contributed by atoms with Crippen LogP contribution >= 0.6 is 0 Å². The highest BCUT2D eigenvalue weighted by Crippen LogP contribution is 2.50. The summed E-state index contributed by atoms with van der Waals surface area (Å²) >= 11 is 0. The second kappa shape index (κ2) is 3.52. The highest BCUT2D eigenvalue weighted by atomic mass is 14.7. The van der Waals surface area contributed by atoms with Crippen molar-refractivity contribution in [3.8, 4) is 0 Å². The van der Waals surface area contributed by atoms with Crippen molar-refractivity contribution >= 4 is 0 Å². The van der Waals surface area contributed by atoms with Gasteiger partial charge < -0.3 is 5.73 Å². The van der Waals surface area contributed by atoms with Crippen molar-refractivity contribution in [2.24, 2.45) is 29.4 Å². The van der Waals surface area contributed by atoms with Gasteiger partial charge in [-0.25, -0.2) is 0 Å². The van der Waals surface area contributed by atoms with E-state index in [0.717, 1.165) is 23.7 Å². The molecule has 4 atom stereocenters. The number of rotatable bonds is 4. The van der Waals surface area contributed by atoms with Gasteiger partial charge in [-0.3, -0.25) is 0 Å². The van der Waals surface area contributed by atoms with Gasteiger partial charge in [-0.15, -0.1) is 0 Å². The summed E-state index contributed by atoms with van der Waals surface area (Å²) in [6.45, 7) is 0. The average Bonchev–Trinajstić information content (AvgIpc) is 2.85. The van der Waals surface area contributed by atoms with Gasteiger partial charge in [0.25, 0.3) is 0 Å². The third-order valence-corrected chi connectivity index (χ3v) is 4.98. The monoisotopic (exact) mass is 193 g/mol. The van der Waals surface area contributed by atoms with E-state index in [4.69, 9.17) is 5.73 Å². The standard InChI is InChI=1S/C13H23N/c14-13(10-3-4-10)6-5-12-8-9-1-2-11(12)7-9/h9-13H,1-8,14H2. The Bertz CT molecular complexity index is 209. The fourth-order valence-electron chi connectivity index (χ4n) is 3.90. The second-order valence-corrected chi connectivity index (χ2v) is 6.01. The first-order valence-electron chi connectivity index (χ1n) is 6.58. The molecule has 0 heterocycles. The van der Waals surface area contributed by atoms with Gasteiger partial charge in [0.2, 0.25) is 0 Å². The second-order valence-electron chi connectivity index (χ2n) is 6.01. The third-order valence-electron chi connectivity index (χ3n) is 4.98. The molecule has 14 heavy (non-hydrogen) atoms. The Balaban J connectivity index is 1.44. The molecule has 0 aromatic rings. The first kappa shape index (κ1) is 9.21. The van der Waals surface area contributed by atoms with Gasteiger partial charge in [-0.1, -0.05) is 6.42 Å². The zero-order chi connectivity index (χ0) is 9.54. The van der Waals surface area contributed by atoms with Crippen LogP contribution in [-0.2, 0) is 0 Å². The van der Waals surface area contributed by atoms with Crippen molar-refractivity contribution in [1.82, 2.24) is 0 Å². The van der Waals surface area contributed by atoms with Crippen LogP contribution in [0.25, 0.3) is 0 Å². The first-order valence-corrected chi connectivity index (χ1v) is 6.58. The Kier molecular flexibility index (Phi) is 2.31. The van der Waals surface area contributed by atoms with E-state index in [9.17, 15) is 0 Å². The van der Waals surface area contributed by atoms with E-state index in [0.29, 0.717) is 6.04 Å². The molecule has 0 aliphatic heterocycles. The van der Waals surface area contributed by atoms with Gasteiger partial charge in [0.15, 0.2) is 0 Å². The van der Waals surface area contributed by atoms with Crippen molar-refractivity contribution in [2.45, 2.75) is 57.4 Å². The fourth-order valence-corrected chi connectivity index (χ4v) is 3.90. The van der Waals surface area contributed by atoms with Crippen LogP contribution in [0.2, 0.25) is 0 Å². The fraction of sp³-hybridized carbons (Fsp3) is 1.00. The Morgan fingerprint density at radius 3 is 2.50 bits per heavy atom. The Morgan fingerprint density at radius 2 is 1.93 bits per heavy atom. The molecule has 3 fully saturated rings. The molecule has 0 aromatic heterocycles. The van der Waals surface area contributed by atoms with E-state index in [1.54, 1.807) is 12.8 Å². The van der Waals surface area contributed by atoms with Crippen LogP contribution in [0.1, 0.15) is 51.4 Å². The zero-order valence-corrected chi connectivity index (χ0v) is 9.12. The van der Waals surface area contributed by atoms with Crippen LogP contribution in [-0.4, -0.2) is 6.04 Å². The number of fused-ring (bicyclic) bond motifs is 2. The summed E-state index contributed by atoms with van der Waals surface area (Å²) in [6, 6.07) is 0.550. The molecule has 3 aliphatic rings. The van der Waals surface area contributed by atoms with Gasteiger partial charge in [-0.05, 0) is 68.6 Å². The number of hydrogen-bond acceptors (Lipinski definition) is 1.